The molecule has 9 nitrogen and oxygen atoms in total. The van der Waals surface area contributed by atoms with E-state index in [4.69, 9.17) is 4.74 Å². The van der Waals surface area contributed by atoms with Crippen molar-refractivity contribution in [3.8, 4) is 0 Å². The van der Waals surface area contributed by atoms with Gasteiger partial charge in [-0.3, -0.25) is 14.9 Å². The van der Waals surface area contributed by atoms with Gasteiger partial charge in [0.05, 0.1) is 23.2 Å². The van der Waals surface area contributed by atoms with Gasteiger partial charge in [-0.25, -0.2) is 9.59 Å². The summed E-state index contributed by atoms with van der Waals surface area (Å²) in [6.45, 7) is 5.13. The molecule has 1 atom stereocenters. The zero-order chi connectivity index (χ0) is 19.1. The fourth-order valence-electron chi connectivity index (χ4n) is 1.75. The Balaban J connectivity index is 2.87. The van der Waals surface area contributed by atoms with Gasteiger partial charge in [0.2, 0.25) is 0 Å². The first-order valence-corrected chi connectivity index (χ1v) is 7.50. The molecule has 136 valence electrons. The van der Waals surface area contributed by atoms with E-state index in [1.54, 1.807) is 0 Å². The number of nitrogens with zero attached hydrogens (tertiary/aromatic N) is 1. The van der Waals surface area contributed by atoms with Crippen LogP contribution in [0.25, 0.3) is 0 Å². The van der Waals surface area contributed by atoms with Crippen LogP contribution in [0.3, 0.4) is 0 Å². The summed E-state index contributed by atoms with van der Waals surface area (Å²) in [7, 11) is 1.11. The van der Waals surface area contributed by atoms with Gasteiger partial charge >= 0.3 is 11.9 Å². The van der Waals surface area contributed by atoms with E-state index in [-0.39, 0.29) is 23.1 Å². The Hall–Kier alpha value is -2.97. The summed E-state index contributed by atoms with van der Waals surface area (Å²) in [4.78, 5) is 45.5. The first kappa shape index (κ1) is 20.1. The van der Waals surface area contributed by atoms with E-state index in [0.29, 0.717) is 0 Å². The van der Waals surface area contributed by atoms with Crippen LogP contribution in [0.15, 0.2) is 18.2 Å². The average molecular weight is 352 g/mol. The van der Waals surface area contributed by atoms with Gasteiger partial charge in [0.1, 0.15) is 0 Å². The number of hydrogen-bond donors (Lipinski definition) is 1. The fourth-order valence-corrected chi connectivity index (χ4v) is 1.75. The Morgan fingerprint density at radius 3 is 2.16 bits per heavy atom. The van der Waals surface area contributed by atoms with Crippen LogP contribution in [-0.2, 0) is 14.3 Å². The van der Waals surface area contributed by atoms with Crippen molar-refractivity contribution in [3.05, 3.63) is 39.4 Å². The highest BCUT2D eigenvalue weighted by Crippen LogP contribution is 2.19. The average Bonchev–Trinajstić information content (AvgIpc) is 2.58. The maximum absolute atomic E-state index is 12.0. The van der Waals surface area contributed by atoms with Gasteiger partial charge < -0.3 is 14.8 Å². The number of ether oxygens (including phenoxy) is 2. The number of methoxy groups -OCH3 is 1. The quantitative estimate of drug-likeness (QED) is 0.450. The Morgan fingerprint density at radius 2 is 1.68 bits per heavy atom. The second kappa shape index (κ2) is 8.76. The predicted octanol–water partition coefficient (Wildman–Crippen LogP) is 1.70. The van der Waals surface area contributed by atoms with Crippen molar-refractivity contribution in [3.63, 3.8) is 0 Å². The summed E-state index contributed by atoms with van der Waals surface area (Å²) in [6, 6.07) is 2.95. The number of non-ortho nitro benzene ring substituents is 1. The van der Waals surface area contributed by atoms with E-state index >= 15 is 0 Å². The monoisotopic (exact) mass is 352 g/mol. The molecule has 0 aliphatic rings. The Bertz CT molecular complexity index is 685. The summed E-state index contributed by atoms with van der Waals surface area (Å²) < 4.78 is 9.34. The van der Waals surface area contributed by atoms with Crippen molar-refractivity contribution in [2.24, 2.45) is 5.92 Å². The predicted molar refractivity (Wildman–Crippen MR) is 87.2 cm³/mol. The van der Waals surface area contributed by atoms with Crippen LogP contribution in [0.1, 0.15) is 41.5 Å². The lowest BCUT2D eigenvalue weighted by Gasteiger charge is -2.17. The van der Waals surface area contributed by atoms with Crippen LogP contribution in [0.4, 0.5) is 5.69 Å². The lowest BCUT2D eigenvalue weighted by molar-refractivity contribution is -0.384. The maximum atomic E-state index is 12.0. The van der Waals surface area contributed by atoms with Gasteiger partial charge in [0.25, 0.3) is 11.6 Å². The Kier molecular flexibility index (Phi) is 7.04. The SMILES string of the molecule is COC(=O)c1cc(C(=O)OCC(=O)N[C@H](C)C(C)C)cc([N+](=O)[O-])c1. The zero-order valence-electron chi connectivity index (χ0n) is 14.4. The molecule has 1 aromatic rings. The second-order valence-electron chi connectivity index (χ2n) is 5.69. The molecule has 0 radical (unpaired) electrons. The van der Waals surface area contributed by atoms with Gasteiger partial charge in [-0.2, -0.15) is 0 Å². The molecule has 0 aliphatic heterocycles. The molecule has 0 fully saturated rings. The van der Waals surface area contributed by atoms with Crippen molar-refractivity contribution in [1.29, 1.82) is 0 Å². The molecule has 1 rings (SSSR count). The zero-order valence-corrected chi connectivity index (χ0v) is 14.4. The normalized spacial score (nSPS) is 11.6. The molecule has 0 aliphatic carbocycles. The molecule has 0 aromatic heterocycles. The summed E-state index contributed by atoms with van der Waals surface area (Å²) in [5.41, 5.74) is -0.853. The number of benzene rings is 1. The minimum Gasteiger partial charge on any atom is -0.465 e. The molecule has 0 saturated carbocycles. The number of carbonyl (C=O) groups is 3. The van der Waals surface area contributed by atoms with Crippen LogP contribution in [0.2, 0.25) is 0 Å². The second-order valence-corrected chi connectivity index (χ2v) is 5.69. The van der Waals surface area contributed by atoms with Crippen molar-refractivity contribution in [2.45, 2.75) is 26.8 Å². The Labute approximate surface area is 144 Å². The van der Waals surface area contributed by atoms with E-state index in [9.17, 15) is 24.5 Å². The topological polar surface area (TPSA) is 125 Å². The molecule has 0 unspecified atom stereocenters. The third-order valence-electron chi connectivity index (χ3n) is 3.51. The van der Waals surface area contributed by atoms with Crippen LogP contribution in [-0.4, -0.2) is 42.5 Å². The lowest BCUT2D eigenvalue weighted by Crippen LogP contribution is -2.38. The van der Waals surface area contributed by atoms with E-state index in [1.165, 1.54) is 0 Å². The van der Waals surface area contributed by atoms with E-state index in [1.807, 2.05) is 20.8 Å². The van der Waals surface area contributed by atoms with E-state index < -0.39 is 35.1 Å². The summed E-state index contributed by atoms with van der Waals surface area (Å²) >= 11 is 0. The summed E-state index contributed by atoms with van der Waals surface area (Å²) in [6.07, 6.45) is 0. The number of nitro benzene ring substituents is 1. The van der Waals surface area contributed by atoms with Gasteiger partial charge in [0.15, 0.2) is 6.61 Å². The number of nitrogens with one attached hydrogen (secondary N) is 1. The van der Waals surface area contributed by atoms with Crippen molar-refractivity contribution in [2.75, 3.05) is 13.7 Å². The van der Waals surface area contributed by atoms with Crippen molar-refractivity contribution >= 4 is 23.5 Å². The lowest BCUT2D eigenvalue weighted by atomic mass is 10.1. The number of nitro groups is 1. The van der Waals surface area contributed by atoms with Gasteiger partial charge in [-0.05, 0) is 18.9 Å². The minimum absolute atomic E-state index is 0.102. The smallest absolute Gasteiger partial charge is 0.338 e. The number of esters is 2. The van der Waals surface area contributed by atoms with Crippen molar-refractivity contribution < 1.29 is 28.8 Å². The molecule has 1 aromatic carbocycles. The van der Waals surface area contributed by atoms with E-state index in [0.717, 1.165) is 25.3 Å². The summed E-state index contributed by atoms with van der Waals surface area (Å²) in [5.74, 6) is -2.07. The van der Waals surface area contributed by atoms with Crippen molar-refractivity contribution in [1.82, 2.24) is 5.32 Å². The van der Waals surface area contributed by atoms with E-state index in [2.05, 4.69) is 10.1 Å². The molecule has 25 heavy (non-hydrogen) atoms. The standard InChI is InChI=1S/C16H20N2O7/c1-9(2)10(3)17-14(19)8-25-16(21)12-5-11(15(20)24-4)6-13(7-12)18(22)23/h5-7,9-10H,8H2,1-4H3,(H,17,19)/t10-/m1/s1. The number of rotatable bonds is 7. The highest BCUT2D eigenvalue weighted by atomic mass is 16.6. The molecule has 0 saturated heterocycles. The third-order valence-corrected chi connectivity index (χ3v) is 3.51. The highest BCUT2D eigenvalue weighted by Gasteiger charge is 2.20. The van der Waals surface area contributed by atoms with Crippen LogP contribution in [0.5, 0.6) is 0 Å². The molecule has 1 N–H and O–H groups in total. The first-order chi connectivity index (χ1) is 11.6. The highest BCUT2D eigenvalue weighted by molar-refractivity contribution is 5.97. The molecule has 9 heteroatoms. The fraction of sp³-hybridized carbons (Fsp3) is 0.438. The van der Waals surface area contributed by atoms with Gasteiger partial charge in [0, 0.05) is 18.2 Å². The van der Waals surface area contributed by atoms with Crippen LogP contribution < -0.4 is 5.32 Å². The molecule has 0 heterocycles. The molecular formula is C16H20N2O7. The van der Waals surface area contributed by atoms with Crippen LogP contribution >= 0.6 is 0 Å². The van der Waals surface area contributed by atoms with Crippen LogP contribution in [0, 0.1) is 16.0 Å². The third kappa shape index (κ3) is 5.87. The molecular weight excluding hydrogens is 332 g/mol. The molecule has 0 spiro atoms. The minimum atomic E-state index is -0.957. The maximum Gasteiger partial charge on any atom is 0.338 e. The van der Waals surface area contributed by atoms with Gasteiger partial charge in [-0.15, -0.1) is 0 Å². The molecule has 0 bridgehead atoms. The first-order valence-electron chi connectivity index (χ1n) is 7.50. The Morgan fingerprint density at radius 1 is 1.12 bits per heavy atom. The largest absolute Gasteiger partial charge is 0.465 e. The number of amides is 1. The number of hydrogen-bond acceptors (Lipinski definition) is 7. The number of carbonyl (C=O) groups excluding carboxylic acids is 3. The molecule has 1 amide bonds. The van der Waals surface area contributed by atoms with Gasteiger partial charge in [-0.1, -0.05) is 13.8 Å². The summed E-state index contributed by atoms with van der Waals surface area (Å²) in [5, 5.41) is 13.6.